The van der Waals surface area contributed by atoms with Crippen LogP contribution in [-0.2, 0) is 23.4 Å². The lowest BCUT2D eigenvalue weighted by Crippen LogP contribution is -2.41. The first-order chi connectivity index (χ1) is 19.8. The third kappa shape index (κ3) is 6.73. The number of hydrogen-bond acceptors (Lipinski definition) is 11. The number of aliphatic hydroxyl groups excluding tert-OH is 1. The summed E-state index contributed by atoms with van der Waals surface area (Å²) < 4.78 is 53.8. The molecule has 0 amide bonds. The van der Waals surface area contributed by atoms with E-state index in [0.29, 0.717) is 29.4 Å². The number of nitrogens with one attached hydrogen (secondary N) is 1. The number of benzene rings is 1. The van der Waals surface area contributed by atoms with Crippen molar-refractivity contribution in [1.82, 2.24) is 24.6 Å². The second kappa shape index (κ2) is 12.6. The highest BCUT2D eigenvalue weighted by molar-refractivity contribution is 7.52. The predicted molar refractivity (Wildman–Crippen MR) is 153 cm³/mol. The van der Waals surface area contributed by atoms with Crippen molar-refractivity contribution in [2.45, 2.75) is 77.8 Å². The molecule has 0 bridgehead atoms. The molecule has 0 unspecified atom stereocenters. The van der Waals surface area contributed by atoms with Gasteiger partial charge in [-0.2, -0.15) is 5.09 Å². The number of nitrogens with zero attached hydrogens (tertiary/aromatic N) is 5. The molecule has 1 aromatic carbocycles. The number of aryl methyl sites for hydroxylation is 1. The fourth-order valence-corrected chi connectivity index (χ4v) is 5.95. The molecule has 0 radical (unpaired) electrons. The van der Waals surface area contributed by atoms with Gasteiger partial charge in [-0.25, -0.2) is 23.9 Å². The van der Waals surface area contributed by atoms with Crippen molar-refractivity contribution >= 4 is 30.7 Å². The Labute approximate surface area is 243 Å². The van der Waals surface area contributed by atoms with Crippen LogP contribution < -0.4 is 14.5 Å². The highest BCUT2D eigenvalue weighted by Crippen LogP contribution is 2.48. The van der Waals surface area contributed by atoms with Crippen molar-refractivity contribution in [2.75, 3.05) is 25.1 Å². The molecule has 4 rings (SSSR count). The molecule has 1 aliphatic rings. The number of imidazole rings is 1. The van der Waals surface area contributed by atoms with Crippen LogP contribution in [-0.4, -0.2) is 80.8 Å². The van der Waals surface area contributed by atoms with E-state index in [1.165, 1.54) is 24.7 Å². The van der Waals surface area contributed by atoms with Gasteiger partial charge >= 0.3 is 13.7 Å². The molecule has 3 aromatic rings. The summed E-state index contributed by atoms with van der Waals surface area (Å²) in [4.78, 5) is 27.6. The van der Waals surface area contributed by atoms with Gasteiger partial charge in [0.2, 0.25) is 0 Å². The van der Waals surface area contributed by atoms with Gasteiger partial charge in [0, 0.05) is 13.6 Å². The summed E-state index contributed by atoms with van der Waals surface area (Å²) in [5, 5.41) is 13.5. The van der Waals surface area contributed by atoms with Gasteiger partial charge in [-0.3, -0.25) is 13.9 Å². The largest absolute Gasteiger partial charge is 0.462 e. The van der Waals surface area contributed by atoms with Crippen LogP contribution in [0.5, 0.6) is 5.75 Å². The standard InChI is InChI=1S/C27H38FN6O7P/c1-8-33(7)23-21-24(31-18(5)30-23)34(15-29-21)26-27(6,28)22(35)20(40-26)14-38-42(37,41-19-12-10-9-11-13-19)32-17(4)25(36)39-16(2)3/h9-13,15-17,20,22,26,35H,8,14H2,1-7H3,(H,32,37)/t17-,20+,22+,26+,27+,42-/m0/s1. The lowest BCUT2D eigenvalue weighted by Gasteiger charge is -2.25. The summed E-state index contributed by atoms with van der Waals surface area (Å²) >= 11 is 0. The zero-order valence-electron chi connectivity index (χ0n) is 24.7. The molecule has 13 nitrogen and oxygen atoms in total. The first kappa shape index (κ1) is 31.8. The molecule has 42 heavy (non-hydrogen) atoms. The van der Waals surface area contributed by atoms with E-state index >= 15 is 4.39 Å². The van der Waals surface area contributed by atoms with Gasteiger partial charge in [-0.1, -0.05) is 18.2 Å². The Morgan fingerprint density at radius 1 is 1.29 bits per heavy atom. The first-order valence-corrected chi connectivity index (χ1v) is 15.2. The van der Waals surface area contributed by atoms with E-state index < -0.39 is 56.6 Å². The van der Waals surface area contributed by atoms with Crippen molar-refractivity contribution in [3.8, 4) is 5.75 Å². The van der Waals surface area contributed by atoms with Crippen LogP contribution in [0.25, 0.3) is 11.2 Å². The minimum Gasteiger partial charge on any atom is -0.462 e. The van der Waals surface area contributed by atoms with Crippen LogP contribution in [0, 0.1) is 6.92 Å². The van der Waals surface area contributed by atoms with E-state index in [1.54, 1.807) is 51.1 Å². The number of halogens is 1. The molecule has 0 aliphatic carbocycles. The quantitative estimate of drug-likeness (QED) is 0.228. The van der Waals surface area contributed by atoms with E-state index in [9.17, 15) is 14.5 Å². The van der Waals surface area contributed by atoms with Crippen molar-refractivity contribution in [2.24, 2.45) is 0 Å². The number of para-hydroxylation sites is 1. The number of alkyl halides is 1. The number of rotatable bonds is 12. The fourth-order valence-electron chi connectivity index (χ4n) is 4.45. The number of aromatic nitrogens is 4. The number of ether oxygens (including phenoxy) is 2. The second-order valence-corrected chi connectivity index (χ2v) is 12.3. The third-order valence-electron chi connectivity index (χ3n) is 6.76. The maximum Gasteiger partial charge on any atom is 0.459 e. The lowest BCUT2D eigenvalue weighted by atomic mass is 9.98. The Bertz CT molecular complexity index is 1440. The Balaban J connectivity index is 1.58. The SMILES string of the molecule is CCN(C)c1nc(C)nc2c1ncn2[C@@H]1O[C@H](CO[P@@](=O)(N[C@@H](C)C(=O)OC(C)C)Oc2ccccc2)[C@@H](O)[C@@]1(C)F. The van der Waals surface area contributed by atoms with Crippen molar-refractivity contribution in [3.63, 3.8) is 0 Å². The number of hydrogen-bond donors (Lipinski definition) is 2. The average Bonchev–Trinajstić information content (AvgIpc) is 3.44. The van der Waals surface area contributed by atoms with E-state index in [1.807, 2.05) is 18.9 Å². The molecule has 230 valence electrons. The molecule has 0 saturated carbocycles. The van der Waals surface area contributed by atoms with E-state index in [0.717, 1.165) is 0 Å². The topological polar surface area (TPSA) is 150 Å². The van der Waals surface area contributed by atoms with Crippen LogP contribution in [0.15, 0.2) is 36.7 Å². The van der Waals surface area contributed by atoms with Crippen LogP contribution in [0.2, 0.25) is 0 Å². The molecular formula is C27H38FN6O7P. The van der Waals surface area contributed by atoms with Gasteiger partial charge in [0.15, 0.2) is 28.9 Å². The number of esters is 1. The Kier molecular flexibility index (Phi) is 9.53. The molecule has 1 aliphatic heterocycles. The predicted octanol–water partition coefficient (Wildman–Crippen LogP) is 3.71. The van der Waals surface area contributed by atoms with Crippen molar-refractivity contribution < 1.29 is 37.4 Å². The summed E-state index contributed by atoms with van der Waals surface area (Å²) in [6.07, 6.45) is -3.31. The molecule has 3 heterocycles. The highest BCUT2D eigenvalue weighted by Gasteiger charge is 2.56. The highest BCUT2D eigenvalue weighted by atomic mass is 31.2. The summed E-state index contributed by atoms with van der Waals surface area (Å²) in [7, 11) is -2.41. The normalized spacial score (nSPS) is 24.5. The number of carbonyl (C=O) groups excluding carboxylic acids is 1. The summed E-state index contributed by atoms with van der Waals surface area (Å²) in [5.74, 6) is 0.560. The van der Waals surface area contributed by atoms with E-state index in [2.05, 4.69) is 20.0 Å². The van der Waals surface area contributed by atoms with Gasteiger partial charge in [-0.05, 0) is 53.7 Å². The van der Waals surface area contributed by atoms with Crippen molar-refractivity contribution in [3.05, 3.63) is 42.5 Å². The Morgan fingerprint density at radius 2 is 1.98 bits per heavy atom. The number of anilines is 1. The molecular weight excluding hydrogens is 570 g/mol. The van der Waals surface area contributed by atoms with Crippen LogP contribution >= 0.6 is 7.75 Å². The molecule has 2 N–H and O–H groups in total. The van der Waals surface area contributed by atoms with E-state index in [-0.39, 0.29) is 5.75 Å². The third-order valence-corrected chi connectivity index (χ3v) is 8.40. The van der Waals surface area contributed by atoms with Crippen LogP contribution in [0.3, 0.4) is 0 Å². The lowest BCUT2D eigenvalue weighted by molar-refractivity contribution is -0.149. The van der Waals surface area contributed by atoms with Gasteiger partial charge in [0.1, 0.15) is 29.8 Å². The van der Waals surface area contributed by atoms with Crippen LogP contribution in [0.4, 0.5) is 10.2 Å². The molecule has 2 aromatic heterocycles. The molecule has 0 spiro atoms. The summed E-state index contributed by atoms with van der Waals surface area (Å²) in [6, 6.07) is 7.12. The van der Waals surface area contributed by atoms with Crippen molar-refractivity contribution in [1.29, 1.82) is 0 Å². The maximum absolute atomic E-state index is 16.1. The van der Waals surface area contributed by atoms with Gasteiger partial charge in [-0.15, -0.1) is 0 Å². The number of aliphatic hydroxyl groups is 1. The maximum atomic E-state index is 16.1. The Morgan fingerprint density at radius 3 is 2.62 bits per heavy atom. The van der Waals surface area contributed by atoms with Crippen LogP contribution in [0.1, 0.15) is 46.7 Å². The first-order valence-electron chi connectivity index (χ1n) is 13.7. The molecule has 1 saturated heterocycles. The second-order valence-electron chi connectivity index (χ2n) is 10.6. The van der Waals surface area contributed by atoms with Gasteiger partial charge in [0.25, 0.3) is 0 Å². The zero-order chi connectivity index (χ0) is 30.8. The summed E-state index contributed by atoms with van der Waals surface area (Å²) in [5.41, 5.74) is -1.54. The van der Waals surface area contributed by atoms with Gasteiger partial charge < -0.3 is 24.0 Å². The fraction of sp³-hybridized carbons (Fsp3) is 0.556. The minimum absolute atomic E-state index is 0.201. The number of carbonyl (C=O) groups is 1. The number of fused-ring (bicyclic) bond motifs is 1. The summed E-state index contributed by atoms with van der Waals surface area (Å²) in [6.45, 7) is 9.81. The van der Waals surface area contributed by atoms with E-state index in [4.69, 9.17) is 18.5 Å². The molecule has 6 atom stereocenters. The Hall–Kier alpha value is -3.16. The smallest absolute Gasteiger partial charge is 0.459 e. The average molecular weight is 609 g/mol. The molecule has 1 fully saturated rings. The van der Waals surface area contributed by atoms with Gasteiger partial charge in [0.05, 0.1) is 19.0 Å². The monoisotopic (exact) mass is 608 g/mol. The molecule has 15 heteroatoms. The zero-order valence-corrected chi connectivity index (χ0v) is 25.6. The minimum atomic E-state index is -4.27.